The lowest BCUT2D eigenvalue weighted by atomic mass is 9.89. The minimum atomic E-state index is -2.82. The van der Waals surface area contributed by atoms with E-state index in [1.54, 1.807) is 0 Å². The van der Waals surface area contributed by atoms with Crippen molar-refractivity contribution in [1.82, 2.24) is 9.78 Å². The third-order valence-corrected chi connectivity index (χ3v) is 5.83. The highest BCUT2D eigenvalue weighted by molar-refractivity contribution is 7.91. The molecule has 18 heavy (non-hydrogen) atoms. The number of hydrogen-bond donors (Lipinski definition) is 0. The third kappa shape index (κ3) is 3.26. The highest BCUT2D eigenvalue weighted by atomic mass is 35.5. The summed E-state index contributed by atoms with van der Waals surface area (Å²) >= 11 is 6.01. The highest BCUT2D eigenvalue weighted by Gasteiger charge is 2.33. The lowest BCUT2D eigenvalue weighted by Gasteiger charge is -2.19. The van der Waals surface area contributed by atoms with Crippen molar-refractivity contribution in [2.45, 2.75) is 26.3 Å². The zero-order valence-corrected chi connectivity index (χ0v) is 12.1. The number of aryl methyl sites for hydroxylation is 1. The van der Waals surface area contributed by atoms with Crippen LogP contribution in [0.5, 0.6) is 0 Å². The van der Waals surface area contributed by atoms with Crippen LogP contribution in [0.25, 0.3) is 0 Å². The predicted octanol–water partition coefficient (Wildman–Crippen LogP) is 1.74. The van der Waals surface area contributed by atoms with Gasteiger partial charge in [0.25, 0.3) is 0 Å². The van der Waals surface area contributed by atoms with Gasteiger partial charge in [-0.1, -0.05) is 0 Å². The topological polar surface area (TPSA) is 52.0 Å². The summed E-state index contributed by atoms with van der Waals surface area (Å²) in [4.78, 5) is 0. The van der Waals surface area contributed by atoms with E-state index in [0.29, 0.717) is 17.4 Å². The third-order valence-electron chi connectivity index (χ3n) is 3.64. The fourth-order valence-corrected chi connectivity index (χ4v) is 4.81. The minimum Gasteiger partial charge on any atom is -0.273 e. The van der Waals surface area contributed by atoms with Crippen molar-refractivity contribution in [3.8, 4) is 0 Å². The zero-order chi connectivity index (χ0) is 13.2. The molecule has 2 heterocycles. The monoisotopic (exact) mass is 290 g/mol. The Kier molecular flexibility index (Phi) is 4.33. The quantitative estimate of drug-likeness (QED) is 0.776. The van der Waals surface area contributed by atoms with Crippen molar-refractivity contribution in [2.75, 3.05) is 17.4 Å². The molecule has 1 fully saturated rings. The molecular weight excluding hydrogens is 272 g/mol. The summed E-state index contributed by atoms with van der Waals surface area (Å²) in [5.41, 5.74) is 1.15. The van der Waals surface area contributed by atoms with Crippen LogP contribution in [0.2, 0.25) is 0 Å². The van der Waals surface area contributed by atoms with Crippen molar-refractivity contribution in [2.24, 2.45) is 11.8 Å². The summed E-state index contributed by atoms with van der Waals surface area (Å²) < 4.78 is 24.9. The summed E-state index contributed by atoms with van der Waals surface area (Å²) in [7, 11) is -2.82. The van der Waals surface area contributed by atoms with Gasteiger partial charge in [0.15, 0.2) is 9.84 Å². The normalized spacial score (nSPS) is 24.2. The SMILES string of the molecule is CCn1cc(CC(CCl)C2CCS(=O)(=O)C2)cn1. The fraction of sp³-hybridized carbons (Fsp3) is 0.750. The van der Waals surface area contributed by atoms with Gasteiger partial charge in [-0.15, -0.1) is 11.6 Å². The lowest BCUT2D eigenvalue weighted by Crippen LogP contribution is -2.20. The Bertz CT molecular complexity index is 498. The lowest BCUT2D eigenvalue weighted by molar-refractivity contribution is 0.398. The highest BCUT2D eigenvalue weighted by Crippen LogP contribution is 2.29. The van der Waals surface area contributed by atoms with E-state index in [1.165, 1.54) is 0 Å². The van der Waals surface area contributed by atoms with Crippen LogP contribution >= 0.6 is 11.6 Å². The number of halogens is 1. The van der Waals surface area contributed by atoms with Crippen molar-refractivity contribution in [3.05, 3.63) is 18.0 Å². The van der Waals surface area contributed by atoms with Gasteiger partial charge in [-0.3, -0.25) is 4.68 Å². The van der Waals surface area contributed by atoms with Gasteiger partial charge in [0.05, 0.1) is 17.7 Å². The van der Waals surface area contributed by atoms with E-state index in [0.717, 1.165) is 24.9 Å². The molecule has 2 rings (SSSR count). The largest absolute Gasteiger partial charge is 0.273 e. The van der Waals surface area contributed by atoms with Gasteiger partial charge in [-0.25, -0.2) is 8.42 Å². The average Bonchev–Trinajstić information content (AvgIpc) is 2.92. The molecule has 0 saturated carbocycles. The summed E-state index contributed by atoms with van der Waals surface area (Å²) in [5, 5.41) is 4.23. The van der Waals surface area contributed by atoms with Crippen LogP contribution in [0, 0.1) is 11.8 Å². The van der Waals surface area contributed by atoms with Crippen LogP contribution in [0.1, 0.15) is 18.9 Å². The van der Waals surface area contributed by atoms with Gasteiger partial charge in [-0.2, -0.15) is 5.10 Å². The zero-order valence-electron chi connectivity index (χ0n) is 10.5. The van der Waals surface area contributed by atoms with Crippen LogP contribution in [0.4, 0.5) is 0 Å². The molecule has 0 bridgehead atoms. The van der Waals surface area contributed by atoms with Crippen molar-refractivity contribution < 1.29 is 8.42 Å². The van der Waals surface area contributed by atoms with Gasteiger partial charge in [0.2, 0.25) is 0 Å². The van der Waals surface area contributed by atoms with Crippen LogP contribution in [-0.4, -0.2) is 35.6 Å². The molecule has 2 atom stereocenters. The van der Waals surface area contributed by atoms with Gasteiger partial charge in [0.1, 0.15) is 0 Å². The van der Waals surface area contributed by atoms with Crippen molar-refractivity contribution in [1.29, 1.82) is 0 Å². The van der Waals surface area contributed by atoms with E-state index in [2.05, 4.69) is 5.10 Å². The first-order chi connectivity index (χ1) is 8.54. The fourth-order valence-electron chi connectivity index (χ4n) is 2.53. The number of sulfone groups is 1. The first kappa shape index (κ1) is 13.9. The molecule has 0 spiro atoms. The van der Waals surface area contributed by atoms with Gasteiger partial charge < -0.3 is 0 Å². The van der Waals surface area contributed by atoms with E-state index in [-0.39, 0.29) is 11.8 Å². The van der Waals surface area contributed by atoms with E-state index in [4.69, 9.17) is 11.6 Å². The first-order valence-corrected chi connectivity index (χ1v) is 8.67. The molecule has 0 aliphatic carbocycles. The summed E-state index contributed by atoms with van der Waals surface area (Å²) in [5.74, 6) is 1.57. The number of aromatic nitrogens is 2. The van der Waals surface area contributed by atoms with E-state index in [9.17, 15) is 8.42 Å². The molecule has 0 amide bonds. The van der Waals surface area contributed by atoms with Crippen LogP contribution in [0.3, 0.4) is 0 Å². The second-order valence-electron chi connectivity index (χ2n) is 4.99. The van der Waals surface area contributed by atoms with Crippen molar-refractivity contribution >= 4 is 21.4 Å². The Morgan fingerprint density at radius 3 is 2.89 bits per heavy atom. The number of hydrogen-bond acceptors (Lipinski definition) is 3. The van der Waals surface area contributed by atoms with E-state index < -0.39 is 9.84 Å². The molecule has 1 aliphatic rings. The molecule has 1 aromatic rings. The van der Waals surface area contributed by atoms with Crippen molar-refractivity contribution in [3.63, 3.8) is 0 Å². The maximum atomic E-state index is 11.5. The van der Waals surface area contributed by atoms with Crippen LogP contribution < -0.4 is 0 Å². The van der Waals surface area contributed by atoms with E-state index in [1.807, 2.05) is 24.0 Å². The molecular formula is C12H19ClN2O2S. The Balaban J connectivity index is 2.01. The molecule has 1 aliphatic heterocycles. The first-order valence-electron chi connectivity index (χ1n) is 6.31. The molecule has 1 aromatic heterocycles. The average molecular weight is 291 g/mol. The van der Waals surface area contributed by atoms with E-state index >= 15 is 0 Å². The summed E-state index contributed by atoms with van der Waals surface area (Å²) in [6, 6.07) is 0. The maximum Gasteiger partial charge on any atom is 0.150 e. The van der Waals surface area contributed by atoms with Gasteiger partial charge in [-0.05, 0) is 37.2 Å². The summed E-state index contributed by atoms with van der Waals surface area (Å²) in [6.07, 6.45) is 5.45. The second kappa shape index (κ2) is 5.61. The number of alkyl halides is 1. The second-order valence-corrected chi connectivity index (χ2v) is 7.52. The standard InChI is InChI=1S/C12H19ClN2O2S/c1-2-15-8-10(7-14-15)5-12(6-13)11-3-4-18(16,17)9-11/h7-8,11-12H,2-6,9H2,1H3. The molecule has 0 aromatic carbocycles. The Morgan fingerprint density at radius 2 is 2.39 bits per heavy atom. The van der Waals surface area contributed by atoms with Gasteiger partial charge in [0, 0.05) is 18.6 Å². The minimum absolute atomic E-state index is 0.206. The number of nitrogens with zero attached hydrogens (tertiary/aromatic N) is 2. The molecule has 4 nitrogen and oxygen atoms in total. The van der Waals surface area contributed by atoms with Gasteiger partial charge >= 0.3 is 0 Å². The molecule has 0 radical (unpaired) electrons. The number of rotatable bonds is 5. The Hall–Kier alpha value is -0.550. The molecule has 0 N–H and O–H groups in total. The Labute approximate surface area is 113 Å². The Morgan fingerprint density at radius 1 is 1.61 bits per heavy atom. The predicted molar refractivity (Wildman–Crippen MR) is 72.6 cm³/mol. The smallest absolute Gasteiger partial charge is 0.150 e. The van der Waals surface area contributed by atoms with Crippen LogP contribution in [0.15, 0.2) is 12.4 Å². The maximum absolute atomic E-state index is 11.5. The molecule has 102 valence electrons. The summed E-state index contributed by atoms with van der Waals surface area (Å²) in [6.45, 7) is 2.89. The van der Waals surface area contributed by atoms with Crippen LogP contribution in [-0.2, 0) is 22.8 Å². The molecule has 1 saturated heterocycles. The molecule has 6 heteroatoms. The molecule has 2 unspecified atom stereocenters.